The molecular formula is C24H20ClN3O4. The largest absolute Gasteiger partial charge is 0.323 e. The molecule has 0 bridgehead atoms. The number of anilines is 2. The average Bonchev–Trinajstić information content (AvgIpc) is 3.47. The van der Waals surface area contributed by atoms with Gasteiger partial charge in [-0.05, 0) is 56.6 Å². The fraction of sp³-hybridized carbons (Fsp3) is 0.333. The predicted octanol–water partition coefficient (Wildman–Crippen LogP) is 2.97. The van der Waals surface area contributed by atoms with E-state index in [0.717, 1.165) is 12.8 Å². The highest BCUT2D eigenvalue weighted by molar-refractivity contribution is 6.35. The summed E-state index contributed by atoms with van der Waals surface area (Å²) in [7, 11) is 0. The first-order valence-corrected chi connectivity index (χ1v) is 11.1. The maximum atomic E-state index is 13.8. The molecular weight excluding hydrogens is 430 g/mol. The molecule has 4 heterocycles. The highest BCUT2D eigenvalue weighted by Gasteiger charge is 2.74. The van der Waals surface area contributed by atoms with Crippen LogP contribution in [0.25, 0.3) is 0 Å². The van der Waals surface area contributed by atoms with Crippen LogP contribution in [0.5, 0.6) is 0 Å². The monoisotopic (exact) mass is 449 g/mol. The smallest absolute Gasteiger partial charge is 0.250 e. The van der Waals surface area contributed by atoms with Gasteiger partial charge in [-0.25, -0.2) is 4.90 Å². The summed E-state index contributed by atoms with van der Waals surface area (Å²) in [5, 5.41) is 3.32. The van der Waals surface area contributed by atoms with Crippen LogP contribution in [0.4, 0.5) is 11.4 Å². The average molecular weight is 450 g/mol. The van der Waals surface area contributed by atoms with Crippen molar-refractivity contribution in [2.45, 2.75) is 31.3 Å². The van der Waals surface area contributed by atoms with Crippen molar-refractivity contribution in [2.75, 3.05) is 16.8 Å². The number of para-hydroxylation sites is 1. The summed E-state index contributed by atoms with van der Waals surface area (Å²) in [6, 6.07) is 11.6. The molecule has 1 N–H and O–H groups in total. The highest BCUT2D eigenvalue weighted by atomic mass is 35.5. The van der Waals surface area contributed by atoms with E-state index >= 15 is 0 Å². The lowest BCUT2D eigenvalue weighted by Crippen LogP contribution is -2.54. The molecule has 8 heteroatoms. The summed E-state index contributed by atoms with van der Waals surface area (Å²) >= 11 is 6.39. The van der Waals surface area contributed by atoms with Crippen LogP contribution >= 0.6 is 11.6 Å². The highest BCUT2D eigenvalue weighted by Crippen LogP contribution is 2.61. The molecule has 4 aliphatic heterocycles. The van der Waals surface area contributed by atoms with Crippen LogP contribution in [0.15, 0.2) is 42.5 Å². The van der Waals surface area contributed by atoms with Crippen LogP contribution in [0.3, 0.4) is 0 Å². The third-order valence-electron chi connectivity index (χ3n) is 7.51. The van der Waals surface area contributed by atoms with Gasteiger partial charge in [0.25, 0.3) is 5.91 Å². The number of nitrogens with one attached hydrogen (secondary N) is 1. The van der Waals surface area contributed by atoms with Crippen LogP contribution < -0.4 is 10.2 Å². The lowest BCUT2D eigenvalue weighted by molar-refractivity contribution is -0.135. The van der Waals surface area contributed by atoms with Crippen LogP contribution in [0.1, 0.15) is 35.7 Å². The van der Waals surface area contributed by atoms with Gasteiger partial charge in [0.15, 0.2) is 5.78 Å². The summed E-state index contributed by atoms with van der Waals surface area (Å²) in [6.45, 7) is 2.11. The van der Waals surface area contributed by atoms with Gasteiger partial charge in [0.2, 0.25) is 11.8 Å². The van der Waals surface area contributed by atoms with E-state index in [1.54, 1.807) is 36.4 Å². The molecule has 6 rings (SSSR count). The van der Waals surface area contributed by atoms with Crippen LogP contribution in [0, 0.1) is 11.8 Å². The Kier molecular flexibility index (Phi) is 3.99. The Hall–Kier alpha value is -3.03. The Balaban J connectivity index is 1.52. The number of ketones is 1. The molecule has 0 aliphatic carbocycles. The van der Waals surface area contributed by atoms with Crippen LogP contribution in [-0.4, -0.2) is 41.0 Å². The lowest BCUT2D eigenvalue weighted by Gasteiger charge is -2.36. The number of rotatable bonds is 2. The molecule has 4 atom stereocenters. The second-order valence-corrected chi connectivity index (χ2v) is 9.31. The molecule has 3 fully saturated rings. The summed E-state index contributed by atoms with van der Waals surface area (Å²) in [4.78, 5) is 56.0. The molecule has 162 valence electrons. The Bertz CT molecular complexity index is 1230. The minimum atomic E-state index is -1.24. The van der Waals surface area contributed by atoms with E-state index in [4.69, 9.17) is 11.6 Å². The summed E-state index contributed by atoms with van der Waals surface area (Å²) in [5.41, 5.74) is 0.876. The molecule has 3 saturated heterocycles. The third kappa shape index (κ3) is 2.20. The number of nitrogens with zero attached hydrogens (tertiary/aromatic N) is 2. The molecule has 0 aromatic heterocycles. The molecule has 3 amide bonds. The van der Waals surface area contributed by atoms with Crippen molar-refractivity contribution in [3.8, 4) is 0 Å². The fourth-order valence-electron chi connectivity index (χ4n) is 6.29. The van der Waals surface area contributed by atoms with Crippen molar-refractivity contribution in [1.29, 1.82) is 0 Å². The molecule has 7 nitrogen and oxygen atoms in total. The number of hydrogen-bond acceptors (Lipinski definition) is 5. The van der Waals surface area contributed by atoms with Crippen LogP contribution in [0.2, 0.25) is 5.02 Å². The molecule has 1 spiro atoms. The van der Waals surface area contributed by atoms with Gasteiger partial charge in [0.05, 0.1) is 28.2 Å². The van der Waals surface area contributed by atoms with Gasteiger partial charge in [-0.2, -0.15) is 0 Å². The molecule has 32 heavy (non-hydrogen) atoms. The van der Waals surface area contributed by atoms with Gasteiger partial charge in [0.1, 0.15) is 5.54 Å². The molecule has 0 unspecified atom stereocenters. The second kappa shape index (κ2) is 6.49. The van der Waals surface area contributed by atoms with Gasteiger partial charge in [0, 0.05) is 17.2 Å². The van der Waals surface area contributed by atoms with E-state index in [2.05, 4.69) is 10.2 Å². The molecule has 2 aromatic carbocycles. The van der Waals surface area contributed by atoms with Gasteiger partial charge in [-0.15, -0.1) is 0 Å². The number of halogens is 1. The van der Waals surface area contributed by atoms with Crippen molar-refractivity contribution in [3.63, 3.8) is 0 Å². The lowest BCUT2D eigenvalue weighted by atomic mass is 9.75. The van der Waals surface area contributed by atoms with E-state index in [-0.39, 0.29) is 29.5 Å². The van der Waals surface area contributed by atoms with Gasteiger partial charge < -0.3 is 5.32 Å². The number of imide groups is 1. The number of amides is 3. The fourth-order valence-corrected chi connectivity index (χ4v) is 6.52. The second-order valence-electron chi connectivity index (χ2n) is 8.90. The maximum Gasteiger partial charge on any atom is 0.250 e. The number of carbonyl (C=O) groups excluding carboxylic acids is 4. The van der Waals surface area contributed by atoms with Crippen molar-refractivity contribution < 1.29 is 19.2 Å². The first kappa shape index (κ1) is 19.6. The van der Waals surface area contributed by atoms with Crippen LogP contribution in [-0.2, 0) is 19.9 Å². The summed E-state index contributed by atoms with van der Waals surface area (Å²) < 4.78 is 0. The van der Waals surface area contributed by atoms with Crippen molar-refractivity contribution in [1.82, 2.24) is 4.90 Å². The zero-order valence-electron chi connectivity index (χ0n) is 17.3. The van der Waals surface area contributed by atoms with Crippen molar-refractivity contribution >= 4 is 46.5 Å². The molecule has 0 radical (unpaired) electrons. The zero-order chi connectivity index (χ0) is 22.4. The first-order valence-electron chi connectivity index (χ1n) is 10.7. The van der Waals surface area contributed by atoms with E-state index in [1.165, 1.54) is 11.8 Å². The number of benzene rings is 2. The quantitative estimate of drug-likeness (QED) is 0.562. The minimum Gasteiger partial charge on any atom is -0.323 e. The minimum absolute atomic E-state index is 0.0934. The van der Waals surface area contributed by atoms with Gasteiger partial charge in [-0.1, -0.05) is 23.7 Å². The Morgan fingerprint density at radius 2 is 1.84 bits per heavy atom. The van der Waals surface area contributed by atoms with Crippen molar-refractivity contribution in [3.05, 3.63) is 58.6 Å². The number of fused-ring (bicyclic) bond motifs is 7. The molecule has 2 aromatic rings. The number of carbonyl (C=O) groups is 4. The first-order chi connectivity index (χ1) is 15.4. The Morgan fingerprint density at radius 3 is 2.56 bits per heavy atom. The Morgan fingerprint density at radius 1 is 1.09 bits per heavy atom. The van der Waals surface area contributed by atoms with E-state index in [1.807, 2.05) is 6.07 Å². The molecule has 4 aliphatic rings. The van der Waals surface area contributed by atoms with Gasteiger partial charge in [-0.3, -0.25) is 24.1 Å². The van der Waals surface area contributed by atoms with Crippen molar-refractivity contribution in [2.24, 2.45) is 11.8 Å². The summed E-state index contributed by atoms with van der Waals surface area (Å²) in [5.74, 6) is -2.49. The van der Waals surface area contributed by atoms with E-state index in [9.17, 15) is 19.2 Å². The normalized spacial score (nSPS) is 30.6. The summed E-state index contributed by atoms with van der Waals surface area (Å²) in [6.07, 6.45) is 1.61. The third-order valence-corrected chi connectivity index (χ3v) is 7.82. The van der Waals surface area contributed by atoms with E-state index in [0.29, 0.717) is 34.1 Å². The molecule has 0 saturated carbocycles. The van der Waals surface area contributed by atoms with Gasteiger partial charge >= 0.3 is 0 Å². The predicted molar refractivity (Wildman–Crippen MR) is 117 cm³/mol. The Labute approximate surface area is 189 Å². The number of Topliss-reactive ketones (excluding diaryl/α,β-unsaturated/α-hetero) is 1. The standard InChI is InChI=1S/C24H20ClN3O4/c1-12(29)13-7-9-14(10-8-13)28-21(30)18-17-6-3-11-27(17)24(19(18)22(28)31)15-4-2-5-16(25)20(15)26-23(24)32/h2,4-5,7-10,17-19H,3,6,11H2,1H3,(H,26,32)/t17-,18+,19+,24-/m1/s1. The zero-order valence-corrected chi connectivity index (χ0v) is 18.1. The van der Waals surface area contributed by atoms with E-state index < -0.39 is 17.4 Å². The number of hydrogen-bond donors (Lipinski definition) is 1. The SMILES string of the molecule is CC(=O)c1ccc(N2C(=O)[C@H]3[C@H]4CCCN4[C@@]4(C(=O)Nc5c(Cl)cccc54)[C@@H]3C2=O)cc1. The topological polar surface area (TPSA) is 86.8 Å². The maximum absolute atomic E-state index is 13.8.